The number of nitrogens with zero attached hydrogens (tertiary/aromatic N) is 2. The lowest BCUT2D eigenvalue weighted by molar-refractivity contribution is 0.00578. The van der Waals surface area contributed by atoms with Crippen LogP contribution in [-0.2, 0) is 15.9 Å². The first-order valence-electron chi connectivity index (χ1n) is 15.9. The van der Waals surface area contributed by atoms with E-state index in [9.17, 15) is 0 Å². The molecule has 1 aliphatic heterocycles. The van der Waals surface area contributed by atoms with Crippen molar-refractivity contribution in [2.75, 3.05) is 0 Å². The first-order valence-corrected chi connectivity index (χ1v) is 15.9. The Kier molecular flexibility index (Phi) is 8.84. The van der Waals surface area contributed by atoms with E-state index in [1.807, 2.05) is 6.07 Å². The SMILES string of the molecule is CC(=NC(=NCc1ccc(-c2ccccc2)cc1)C1=CCCC=C1)c1ccc(-c2ccc(B3OC(C)(C)C(C)(C)O3)cc2)cc1. The van der Waals surface area contributed by atoms with Crippen LogP contribution in [0.3, 0.4) is 0 Å². The second-order valence-electron chi connectivity index (χ2n) is 12.8. The molecule has 6 rings (SSSR count). The fourth-order valence-electron chi connectivity index (χ4n) is 5.51. The summed E-state index contributed by atoms with van der Waals surface area (Å²) < 4.78 is 12.4. The zero-order valence-electron chi connectivity index (χ0n) is 27.0. The van der Waals surface area contributed by atoms with Gasteiger partial charge in [-0.25, -0.2) is 4.99 Å². The van der Waals surface area contributed by atoms with Crippen LogP contribution in [0.25, 0.3) is 22.3 Å². The van der Waals surface area contributed by atoms with Crippen molar-refractivity contribution in [1.82, 2.24) is 0 Å². The fraction of sp³-hybridized carbons (Fsp3) is 0.250. The van der Waals surface area contributed by atoms with Crippen LogP contribution in [-0.4, -0.2) is 29.9 Å². The maximum absolute atomic E-state index is 6.22. The van der Waals surface area contributed by atoms with E-state index in [1.165, 1.54) is 11.1 Å². The maximum atomic E-state index is 6.22. The van der Waals surface area contributed by atoms with Crippen LogP contribution in [0.15, 0.2) is 137 Å². The van der Waals surface area contributed by atoms with Gasteiger partial charge in [0, 0.05) is 11.3 Å². The predicted molar refractivity (Wildman–Crippen MR) is 189 cm³/mol. The second-order valence-corrected chi connectivity index (χ2v) is 12.8. The number of benzene rings is 4. The van der Waals surface area contributed by atoms with E-state index in [0.717, 1.165) is 57.7 Å². The molecule has 45 heavy (non-hydrogen) atoms. The average Bonchev–Trinajstić information content (AvgIpc) is 3.30. The molecule has 0 atom stereocenters. The molecule has 4 nitrogen and oxygen atoms in total. The van der Waals surface area contributed by atoms with Crippen LogP contribution in [0, 0.1) is 0 Å². The Labute approximate surface area is 268 Å². The summed E-state index contributed by atoms with van der Waals surface area (Å²) in [6, 6.07) is 36.2. The number of rotatable bonds is 7. The van der Waals surface area contributed by atoms with Gasteiger partial charge < -0.3 is 9.31 Å². The molecule has 5 heteroatoms. The van der Waals surface area contributed by atoms with Gasteiger partial charge in [-0.1, -0.05) is 121 Å². The Bertz CT molecular complexity index is 1730. The van der Waals surface area contributed by atoms with Crippen LogP contribution in [0.1, 0.15) is 58.6 Å². The third-order valence-corrected chi connectivity index (χ3v) is 9.07. The quantitative estimate of drug-likeness (QED) is 0.122. The van der Waals surface area contributed by atoms with Gasteiger partial charge in [0.05, 0.1) is 17.7 Å². The zero-order valence-corrected chi connectivity index (χ0v) is 27.0. The molecular weight excluding hydrogens is 551 g/mol. The monoisotopic (exact) mass is 592 g/mol. The van der Waals surface area contributed by atoms with E-state index in [0.29, 0.717) is 6.54 Å². The van der Waals surface area contributed by atoms with Crippen molar-refractivity contribution in [3.63, 3.8) is 0 Å². The Balaban J connectivity index is 1.17. The van der Waals surface area contributed by atoms with Crippen molar-refractivity contribution in [3.8, 4) is 22.3 Å². The van der Waals surface area contributed by atoms with Gasteiger partial charge >= 0.3 is 7.12 Å². The number of hydrogen-bond donors (Lipinski definition) is 0. The lowest BCUT2D eigenvalue weighted by Crippen LogP contribution is -2.41. The molecule has 0 radical (unpaired) electrons. The van der Waals surface area contributed by atoms with E-state index in [4.69, 9.17) is 19.3 Å². The van der Waals surface area contributed by atoms with Gasteiger partial charge in [-0.15, -0.1) is 0 Å². The highest BCUT2D eigenvalue weighted by Gasteiger charge is 2.51. The molecule has 1 aliphatic carbocycles. The van der Waals surface area contributed by atoms with Crippen molar-refractivity contribution in [2.24, 2.45) is 9.98 Å². The molecule has 1 heterocycles. The highest BCUT2D eigenvalue weighted by molar-refractivity contribution is 6.62. The molecule has 0 unspecified atom stereocenters. The molecule has 1 fully saturated rings. The smallest absolute Gasteiger partial charge is 0.399 e. The summed E-state index contributed by atoms with van der Waals surface area (Å²) in [4.78, 5) is 10.0. The summed E-state index contributed by atoms with van der Waals surface area (Å²) in [5.41, 5.74) is 9.31. The minimum atomic E-state index is -0.357. The summed E-state index contributed by atoms with van der Waals surface area (Å²) in [7, 11) is -0.357. The lowest BCUT2D eigenvalue weighted by Gasteiger charge is -2.32. The average molecular weight is 593 g/mol. The summed E-state index contributed by atoms with van der Waals surface area (Å²) in [6.45, 7) is 11.0. The van der Waals surface area contributed by atoms with Gasteiger partial charge in [-0.2, -0.15) is 0 Å². The number of allylic oxidation sites excluding steroid dienone is 2. The van der Waals surface area contributed by atoms with Gasteiger partial charge in [0.2, 0.25) is 0 Å². The summed E-state index contributed by atoms with van der Waals surface area (Å²) in [5, 5.41) is 0. The molecule has 0 bridgehead atoms. The van der Waals surface area contributed by atoms with Crippen molar-refractivity contribution in [2.45, 2.75) is 65.2 Å². The van der Waals surface area contributed by atoms with Crippen LogP contribution in [0.2, 0.25) is 0 Å². The van der Waals surface area contributed by atoms with E-state index < -0.39 is 0 Å². The molecule has 0 spiro atoms. The van der Waals surface area contributed by atoms with E-state index in [1.54, 1.807) is 0 Å². The topological polar surface area (TPSA) is 43.2 Å². The molecule has 4 aromatic carbocycles. The summed E-state index contributed by atoms with van der Waals surface area (Å²) in [5.74, 6) is 0.776. The highest BCUT2D eigenvalue weighted by Crippen LogP contribution is 2.36. The minimum Gasteiger partial charge on any atom is -0.399 e. The van der Waals surface area contributed by atoms with Crippen molar-refractivity contribution in [3.05, 3.63) is 138 Å². The van der Waals surface area contributed by atoms with Crippen LogP contribution < -0.4 is 5.46 Å². The first kappa shape index (κ1) is 30.7. The van der Waals surface area contributed by atoms with Gasteiger partial charge in [0.15, 0.2) is 5.84 Å². The molecule has 0 amide bonds. The predicted octanol–water partition coefficient (Wildman–Crippen LogP) is 9.00. The van der Waals surface area contributed by atoms with Crippen LogP contribution in [0.4, 0.5) is 0 Å². The van der Waals surface area contributed by atoms with Gasteiger partial charge in [-0.05, 0) is 86.3 Å². The minimum absolute atomic E-state index is 0.353. The standard InChI is InChI=1S/C40H41BN2O2/c1-29(31-20-22-34(23-21-31)35-24-26-37(27-25-35)41-44-39(2,3)40(4,5)45-41)43-38(36-14-10-7-11-15-36)42-28-30-16-18-33(19-17-30)32-12-8-6-9-13-32/h6,8-10,12-27H,7,11,28H2,1-5H3. The molecule has 0 aromatic heterocycles. The fourth-order valence-corrected chi connectivity index (χ4v) is 5.51. The van der Waals surface area contributed by atoms with Crippen molar-refractivity contribution >= 4 is 24.1 Å². The number of amidine groups is 1. The Morgan fingerprint density at radius 3 is 1.82 bits per heavy atom. The van der Waals surface area contributed by atoms with E-state index >= 15 is 0 Å². The van der Waals surface area contributed by atoms with E-state index in [2.05, 4.69) is 150 Å². The summed E-state index contributed by atoms with van der Waals surface area (Å²) in [6.07, 6.45) is 8.66. The lowest BCUT2D eigenvalue weighted by atomic mass is 9.78. The van der Waals surface area contributed by atoms with E-state index in [-0.39, 0.29) is 18.3 Å². The van der Waals surface area contributed by atoms with Gasteiger partial charge in [0.25, 0.3) is 0 Å². The third kappa shape index (κ3) is 7.01. The van der Waals surface area contributed by atoms with Gasteiger partial charge in [0.1, 0.15) is 0 Å². The number of hydrogen-bond acceptors (Lipinski definition) is 3. The van der Waals surface area contributed by atoms with Crippen molar-refractivity contribution in [1.29, 1.82) is 0 Å². The molecule has 4 aromatic rings. The number of aliphatic imine (C=N–C) groups is 2. The second kappa shape index (κ2) is 13.0. The Morgan fingerprint density at radius 1 is 0.689 bits per heavy atom. The maximum Gasteiger partial charge on any atom is 0.494 e. The normalized spacial score (nSPS) is 17.8. The highest BCUT2D eigenvalue weighted by atomic mass is 16.7. The van der Waals surface area contributed by atoms with Crippen LogP contribution >= 0.6 is 0 Å². The molecule has 0 saturated carbocycles. The Morgan fingerprint density at radius 2 is 1.24 bits per heavy atom. The van der Waals surface area contributed by atoms with Crippen LogP contribution in [0.5, 0.6) is 0 Å². The largest absolute Gasteiger partial charge is 0.494 e. The van der Waals surface area contributed by atoms with Crippen molar-refractivity contribution < 1.29 is 9.31 Å². The molecule has 0 N–H and O–H groups in total. The molecule has 2 aliphatic rings. The zero-order chi connectivity index (χ0) is 31.4. The third-order valence-electron chi connectivity index (χ3n) is 9.07. The van der Waals surface area contributed by atoms with Gasteiger partial charge in [-0.3, -0.25) is 4.99 Å². The summed E-state index contributed by atoms with van der Waals surface area (Å²) >= 11 is 0. The first-order chi connectivity index (χ1) is 21.7. The molecular formula is C40H41BN2O2. The Hall–Kier alpha value is -4.32. The molecule has 1 saturated heterocycles. The molecule has 226 valence electrons.